The van der Waals surface area contributed by atoms with Gasteiger partial charge in [-0.15, -0.1) is 0 Å². The Balaban J connectivity index is 1.18. The minimum Gasteiger partial charge on any atom is -0.493 e. The SMILES string of the molecule is CC(C)c1noc(N2CCC(CCCOc3ccc([C@H](N)C(=O)N4CCCC4)c(F)c3)CC2)n1. The van der Waals surface area contributed by atoms with Crippen molar-refractivity contribution in [3.63, 3.8) is 0 Å². The lowest BCUT2D eigenvalue weighted by Crippen LogP contribution is -2.36. The van der Waals surface area contributed by atoms with Crippen molar-refractivity contribution in [1.29, 1.82) is 0 Å². The van der Waals surface area contributed by atoms with Gasteiger partial charge in [0.15, 0.2) is 5.82 Å². The fourth-order valence-corrected chi connectivity index (χ4v) is 4.68. The molecule has 1 atom stereocenters. The number of carbonyl (C=O) groups excluding carboxylic acids is 1. The highest BCUT2D eigenvalue weighted by Gasteiger charge is 2.27. The highest BCUT2D eigenvalue weighted by molar-refractivity contribution is 5.83. The van der Waals surface area contributed by atoms with Crippen LogP contribution in [0.3, 0.4) is 0 Å². The monoisotopic (exact) mass is 473 g/mol. The highest BCUT2D eigenvalue weighted by atomic mass is 19.1. The van der Waals surface area contributed by atoms with E-state index in [1.54, 1.807) is 17.0 Å². The molecule has 9 heteroatoms. The summed E-state index contributed by atoms with van der Waals surface area (Å²) in [4.78, 5) is 20.8. The smallest absolute Gasteiger partial charge is 0.324 e. The van der Waals surface area contributed by atoms with Gasteiger partial charge in [0.05, 0.1) is 6.61 Å². The van der Waals surface area contributed by atoms with Gasteiger partial charge in [-0.25, -0.2) is 4.39 Å². The minimum atomic E-state index is -0.970. The van der Waals surface area contributed by atoms with Gasteiger partial charge < -0.3 is 24.8 Å². The molecular formula is C25H36FN5O3. The maximum Gasteiger partial charge on any atom is 0.324 e. The molecule has 0 unspecified atom stereocenters. The zero-order valence-electron chi connectivity index (χ0n) is 20.2. The number of piperidine rings is 1. The van der Waals surface area contributed by atoms with Crippen LogP contribution in [-0.2, 0) is 4.79 Å². The van der Waals surface area contributed by atoms with Crippen molar-refractivity contribution in [2.24, 2.45) is 11.7 Å². The molecule has 0 radical (unpaired) electrons. The van der Waals surface area contributed by atoms with Crippen molar-refractivity contribution in [3.8, 4) is 5.75 Å². The highest BCUT2D eigenvalue weighted by Crippen LogP contribution is 2.27. The van der Waals surface area contributed by atoms with E-state index in [4.69, 9.17) is 15.0 Å². The number of nitrogens with zero attached hydrogens (tertiary/aromatic N) is 4. The molecule has 2 aliphatic heterocycles. The van der Waals surface area contributed by atoms with E-state index in [-0.39, 0.29) is 17.4 Å². The molecule has 0 bridgehead atoms. The summed E-state index contributed by atoms with van der Waals surface area (Å²) in [7, 11) is 0. The second-order valence-electron chi connectivity index (χ2n) is 9.70. The van der Waals surface area contributed by atoms with Gasteiger partial charge in [-0.1, -0.05) is 25.1 Å². The lowest BCUT2D eigenvalue weighted by Gasteiger charge is -2.30. The van der Waals surface area contributed by atoms with E-state index in [9.17, 15) is 9.18 Å². The Morgan fingerprint density at radius 2 is 1.97 bits per heavy atom. The van der Waals surface area contributed by atoms with Gasteiger partial charge in [0.25, 0.3) is 0 Å². The van der Waals surface area contributed by atoms with Crippen LogP contribution in [0.1, 0.15) is 75.7 Å². The number of anilines is 1. The van der Waals surface area contributed by atoms with Crippen LogP contribution in [0.25, 0.3) is 0 Å². The van der Waals surface area contributed by atoms with Crippen molar-refractivity contribution >= 4 is 11.9 Å². The number of rotatable bonds is 9. The lowest BCUT2D eigenvalue weighted by molar-refractivity contribution is -0.131. The number of likely N-dealkylation sites (tertiary alicyclic amines) is 1. The third-order valence-corrected chi connectivity index (χ3v) is 6.85. The van der Waals surface area contributed by atoms with E-state index in [0.29, 0.717) is 37.4 Å². The second-order valence-corrected chi connectivity index (χ2v) is 9.70. The number of benzene rings is 1. The normalized spacial score (nSPS) is 18.0. The first-order valence-corrected chi connectivity index (χ1v) is 12.5. The quantitative estimate of drug-likeness (QED) is 0.549. The molecule has 1 amide bonds. The molecule has 2 aromatic rings. The average molecular weight is 474 g/mol. The molecule has 0 spiro atoms. The van der Waals surface area contributed by atoms with Crippen LogP contribution in [0, 0.1) is 11.7 Å². The molecule has 2 fully saturated rings. The minimum absolute atomic E-state index is 0.212. The molecule has 0 saturated carbocycles. The Morgan fingerprint density at radius 3 is 2.62 bits per heavy atom. The van der Waals surface area contributed by atoms with Gasteiger partial charge in [-0.3, -0.25) is 4.79 Å². The largest absolute Gasteiger partial charge is 0.493 e. The standard InChI is InChI=1S/C25H36FN5O3/c1-17(2)23-28-25(34-29-23)31-13-9-18(10-14-31)6-5-15-33-19-7-8-20(21(26)16-19)22(27)24(32)30-11-3-4-12-30/h7-8,16-18,22H,3-6,9-15,27H2,1-2H3/t22-/m0/s1. The summed E-state index contributed by atoms with van der Waals surface area (Å²) >= 11 is 0. The summed E-state index contributed by atoms with van der Waals surface area (Å²) in [6.07, 6.45) is 6.07. The number of nitrogens with two attached hydrogens (primary N) is 1. The van der Waals surface area contributed by atoms with Crippen molar-refractivity contribution in [2.45, 2.75) is 64.3 Å². The number of ether oxygens (including phenoxy) is 1. The summed E-state index contributed by atoms with van der Waals surface area (Å²) < 4.78 is 25.8. The van der Waals surface area contributed by atoms with E-state index in [2.05, 4.69) is 28.9 Å². The molecule has 34 heavy (non-hydrogen) atoms. The van der Waals surface area contributed by atoms with Gasteiger partial charge in [-0.05, 0) is 50.5 Å². The predicted molar refractivity (Wildman–Crippen MR) is 127 cm³/mol. The summed E-state index contributed by atoms with van der Waals surface area (Å²) in [5, 5.41) is 4.05. The third kappa shape index (κ3) is 5.87. The Hall–Kier alpha value is -2.68. The Morgan fingerprint density at radius 1 is 1.24 bits per heavy atom. The predicted octanol–water partition coefficient (Wildman–Crippen LogP) is 4.03. The lowest BCUT2D eigenvalue weighted by atomic mass is 9.92. The fraction of sp³-hybridized carbons (Fsp3) is 0.640. The summed E-state index contributed by atoms with van der Waals surface area (Å²) in [5.41, 5.74) is 6.27. The fourth-order valence-electron chi connectivity index (χ4n) is 4.68. The first kappa shape index (κ1) is 24.4. The number of aromatic nitrogens is 2. The molecule has 1 aromatic heterocycles. The first-order valence-electron chi connectivity index (χ1n) is 12.5. The molecule has 4 rings (SSSR count). The number of hydrogen-bond donors (Lipinski definition) is 1. The van der Waals surface area contributed by atoms with E-state index in [1.807, 2.05) is 0 Å². The topological polar surface area (TPSA) is 97.7 Å². The van der Waals surface area contributed by atoms with E-state index in [0.717, 1.165) is 57.4 Å². The first-order chi connectivity index (χ1) is 16.4. The molecular weight excluding hydrogens is 437 g/mol. The van der Waals surface area contributed by atoms with Crippen LogP contribution < -0.4 is 15.4 Å². The number of hydrogen-bond acceptors (Lipinski definition) is 7. The molecule has 2 saturated heterocycles. The maximum absolute atomic E-state index is 14.6. The zero-order valence-corrected chi connectivity index (χ0v) is 20.2. The summed E-state index contributed by atoms with van der Waals surface area (Å²) in [6, 6.07) is 4.26. The molecule has 2 aliphatic rings. The van der Waals surface area contributed by atoms with Crippen LogP contribution in [0.2, 0.25) is 0 Å². The Labute approximate surface area is 200 Å². The summed E-state index contributed by atoms with van der Waals surface area (Å²) in [5.74, 6) is 1.39. The zero-order chi connectivity index (χ0) is 24.1. The van der Waals surface area contributed by atoms with Gasteiger partial charge >= 0.3 is 6.01 Å². The van der Waals surface area contributed by atoms with Gasteiger partial charge in [0.2, 0.25) is 5.91 Å². The molecule has 186 valence electrons. The molecule has 3 heterocycles. The average Bonchev–Trinajstić information content (AvgIpc) is 3.54. The van der Waals surface area contributed by atoms with Crippen molar-refractivity contribution < 1.29 is 18.4 Å². The van der Waals surface area contributed by atoms with E-state index in [1.165, 1.54) is 6.07 Å². The Bertz CT molecular complexity index is 952. The van der Waals surface area contributed by atoms with E-state index >= 15 is 0 Å². The van der Waals surface area contributed by atoms with Crippen molar-refractivity contribution in [2.75, 3.05) is 37.7 Å². The van der Waals surface area contributed by atoms with Crippen LogP contribution in [0.15, 0.2) is 22.7 Å². The number of carbonyl (C=O) groups is 1. The van der Waals surface area contributed by atoms with E-state index < -0.39 is 11.9 Å². The van der Waals surface area contributed by atoms with Crippen LogP contribution in [0.5, 0.6) is 5.75 Å². The molecule has 2 N–H and O–H groups in total. The number of amides is 1. The Kier molecular flexibility index (Phi) is 8.03. The third-order valence-electron chi connectivity index (χ3n) is 6.85. The van der Waals surface area contributed by atoms with Crippen LogP contribution in [0.4, 0.5) is 10.4 Å². The van der Waals surface area contributed by atoms with Gasteiger partial charge in [-0.2, -0.15) is 4.98 Å². The van der Waals surface area contributed by atoms with Gasteiger partial charge in [0, 0.05) is 43.7 Å². The van der Waals surface area contributed by atoms with Crippen LogP contribution >= 0.6 is 0 Å². The van der Waals surface area contributed by atoms with Crippen molar-refractivity contribution in [3.05, 3.63) is 35.4 Å². The summed E-state index contributed by atoms with van der Waals surface area (Å²) in [6.45, 7) is 7.85. The second kappa shape index (κ2) is 11.2. The van der Waals surface area contributed by atoms with Crippen molar-refractivity contribution in [1.82, 2.24) is 15.0 Å². The molecule has 1 aromatic carbocycles. The van der Waals surface area contributed by atoms with Crippen LogP contribution in [-0.4, -0.2) is 53.7 Å². The molecule has 8 nitrogen and oxygen atoms in total. The van der Waals surface area contributed by atoms with Gasteiger partial charge in [0.1, 0.15) is 17.6 Å². The maximum atomic E-state index is 14.6. The molecule has 0 aliphatic carbocycles. The number of halogens is 1.